The molecule has 4 aliphatic rings. The Morgan fingerprint density at radius 2 is 1.86 bits per heavy atom. The van der Waals surface area contributed by atoms with E-state index in [1.165, 1.54) is 25.0 Å². The topological polar surface area (TPSA) is 43.2 Å². The Bertz CT molecular complexity index is 1050. The van der Waals surface area contributed by atoms with E-state index in [0.29, 0.717) is 24.0 Å². The van der Waals surface area contributed by atoms with Crippen molar-refractivity contribution in [2.24, 2.45) is 12.5 Å². The van der Waals surface area contributed by atoms with Gasteiger partial charge in [-0.05, 0) is 87.1 Å². The minimum atomic E-state index is -4.26. The number of likely N-dealkylation sites (tertiary alicyclic amines) is 1. The van der Waals surface area contributed by atoms with Crippen LogP contribution in [0.5, 0.6) is 0 Å². The highest BCUT2D eigenvalue weighted by Gasteiger charge is 2.57. The van der Waals surface area contributed by atoms with Gasteiger partial charge in [-0.2, -0.15) is 13.2 Å². The van der Waals surface area contributed by atoms with Crippen molar-refractivity contribution in [3.8, 4) is 0 Å². The van der Waals surface area contributed by atoms with E-state index in [0.717, 1.165) is 74.0 Å². The van der Waals surface area contributed by atoms with Crippen molar-refractivity contribution in [1.29, 1.82) is 0 Å². The number of alkyl halides is 3. The number of rotatable bonds is 7. The van der Waals surface area contributed by atoms with E-state index in [1.54, 1.807) is 23.9 Å². The molecule has 1 saturated carbocycles. The second kappa shape index (κ2) is 9.06. The van der Waals surface area contributed by atoms with Crippen molar-refractivity contribution in [1.82, 2.24) is 19.7 Å². The third kappa shape index (κ3) is 4.76. The Morgan fingerprint density at radius 1 is 1.11 bits per heavy atom. The Morgan fingerprint density at radius 3 is 2.57 bits per heavy atom. The third-order valence-electron chi connectivity index (χ3n) is 8.67. The molecule has 35 heavy (non-hydrogen) atoms. The van der Waals surface area contributed by atoms with Crippen molar-refractivity contribution >= 4 is 11.8 Å². The lowest BCUT2D eigenvalue weighted by molar-refractivity contribution is -0.137. The lowest BCUT2D eigenvalue weighted by atomic mass is 9.95. The summed E-state index contributed by atoms with van der Waals surface area (Å²) in [5.74, 6) is 2.99. The summed E-state index contributed by atoms with van der Waals surface area (Å²) in [4.78, 5) is 2.53. The number of aromatic nitrogens is 3. The molecular formula is C26H33F3N4OS. The molecule has 3 aliphatic heterocycles. The highest BCUT2D eigenvalue weighted by atomic mass is 32.2. The molecule has 0 N–H and O–H groups in total. The van der Waals surface area contributed by atoms with Gasteiger partial charge in [0.2, 0.25) is 0 Å². The number of thioether (sulfide) groups is 1. The van der Waals surface area contributed by atoms with Crippen molar-refractivity contribution in [3.05, 3.63) is 41.2 Å². The first kappa shape index (κ1) is 23.8. The maximum atomic E-state index is 12.9. The van der Waals surface area contributed by atoms with Crippen molar-refractivity contribution in [3.63, 3.8) is 0 Å². The number of fused-ring (bicyclic) bond motifs is 2. The van der Waals surface area contributed by atoms with Crippen LogP contribution in [0.15, 0.2) is 29.4 Å². The fourth-order valence-corrected chi connectivity index (χ4v) is 7.52. The normalized spacial score (nSPS) is 32.6. The van der Waals surface area contributed by atoms with E-state index in [4.69, 9.17) is 4.74 Å². The number of halogens is 3. The summed E-state index contributed by atoms with van der Waals surface area (Å²) < 4.78 is 46.7. The lowest BCUT2D eigenvalue weighted by Gasteiger charge is -2.27. The van der Waals surface area contributed by atoms with Gasteiger partial charge < -0.3 is 14.2 Å². The molecule has 1 aromatic carbocycles. The molecule has 6 rings (SSSR count). The predicted molar refractivity (Wildman–Crippen MR) is 129 cm³/mol. The second-order valence-corrected chi connectivity index (χ2v) is 12.1. The maximum Gasteiger partial charge on any atom is 0.416 e. The van der Waals surface area contributed by atoms with Gasteiger partial charge in [-0.15, -0.1) is 10.2 Å². The van der Waals surface area contributed by atoms with Crippen LogP contribution < -0.4 is 0 Å². The number of benzene rings is 1. The molecule has 1 aromatic heterocycles. The second-order valence-electron chi connectivity index (χ2n) is 11.0. The average molecular weight is 507 g/mol. The molecule has 4 heterocycles. The van der Waals surface area contributed by atoms with Crippen LogP contribution in [0.1, 0.15) is 73.7 Å². The van der Waals surface area contributed by atoms with E-state index >= 15 is 0 Å². The zero-order valence-electron chi connectivity index (χ0n) is 20.1. The Balaban J connectivity index is 0.957. The molecule has 9 heteroatoms. The van der Waals surface area contributed by atoms with Crippen molar-refractivity contribution in [2.75, 3.05) is 25.4 Å². The van der Waals surface area contributed by atoms with Crippen LogP contribution in [0.3, 0.4) is 0 Å². The molecule has 0 amide bonds. The fourth-order valence-electron chi connectivity index (χ4n) is 6.68. The smallest absolute Gasteiger partial charge is 0.375 e. The van der Waals surface area contributed by atoms with Crippen LogP contribution in [0, 0.1) is 5.41 Å². The SMILES string of the molecule is Cn1c(SCCCN2CC[C@]3(C[C@H]3c3ccc(C(F)(F)F)cc3)C2)nnc1C1CC2CCC(C1)O2. The summed E-state index contributed by atoms with van der Waals surface area (Å²) in [5.41, 5.74) is 0.775. The summed E-state index contributed by atoms with van der Waals surface area (Å²) >= 11 is 1.79. The molecule has 1 spiro atoms. The molecule has 0 radical (unpaired) electrons. The fraction of sp³-hybridized carbons (Fsp3) is 0.692. The zero-order chi connectivity index (χ0) is 24.2. The number of ether oxygens (including phenoxy) is 1. The molecule has 2 unspecified atom stereocenters. The standard InChI is InChI=1S/C26H33F3N4OS/c1-32-23(18-13-20-7-8-21(14-18)34-20)30-31-24(32)35-12-2-10-33-11-9-25(16-33)15-22(25)17-3-5-19(6-4-17)26(27,28)29/h3-6,18,20-22H,2,7-16H2,1H3/t18?,20?,21?,22-,25-/m0/s1. The summed E-state index contributed by atoms with van der Waals surface area (Å²) in [7, 11) is 2.09. The Labute approximate surface area is 208 Å². The van der Waals surface area contributed by atoms with Crippen LogP contribution in [-0.4, -0.2) is 57.3 Å². The van der Waals surface area contributed by atoms with E-state index in [1.807, 2.05) is 0 Å². The summed E-state index contributed by atoms with van der Waals surface area (Å²) in [6.07, 6.45) is 4.38. The highest BCUT2D eigenvalue weighted by molar-refractivity contribution is 7.99. The number of hydrogen-bond acceptors (Lipinski definition) is 5. The summed E-state index contributed by atoms with van der Waals surface area (Å²) in [6.45, 7) is 3.20. The molecular weight excluding hydrogens is 473 g/mol. The van der Waals surface area contributed by atoms with Gasteiger partial charge in [0, 0.05) is 25.3 Å². The molecule has 190 valence electrons. The largest absolute Gasteiger partial charge is 0.416 e. The molecule has 5 nitrogen and oxygen atoms in total. The van der Waals surface area contributed by atoms with Crippen LogP contribution in [0.25, 0.3) is 0 Å². The summed E-state index contributed by atoms with van der Waals surface area (Å²) in [5, 5.41) is 10.0. The average Bonchev–Trinajstić information content (AvgIpc) is 3.06. The zero-order valence-corrected chi connectivity index (χ0v) is 21.0. The molecule has 1 aliphatic carbocycles. The number of hydrogen-bond donors (Lipinski definition) is 0. The lowest BCUT2D eigenvalue weighted by Crippen LogP contribution is -2.25. The first-order valence-corrected chi connectivity index (χ1v) is 13.9. The van der Waals surface area contributed by atoms with E-state index in [2.05, 4.69) is 26.7 Å². The molecule has 4 atom stereocenters. The van der Waals surface area contributed by atoms with Gasteiger partial charge in [-0.25, -0.2) is 0 Å². The van der Waals surface area contributed by atoms with Gasteiger partial charge in [0.05, 0.1) is 17.8 Å². The molecule has 4 fully saturated rings. The monoisotopic (exact) mass is 506 g/mol. The van der Waals surface area contributed by atoms with Gasteiger partial charge >= 0.3 is 6.18 Å². The molecule has 2 aromatic rings. The van der Waals surface area contributed by atoms with E-state index in [-0.39, 0.29) is 5.41 Å². The first-order chi connectivity index (χ1) is 16.8. The van der Waals surface area contributed by atoms with Gasteiger partial charge in [-0.1, -0.05) is 23.9 Å². The maximum absolute atomic E-state index is 12.9. The van der Waals surface area contributed by atoms with Gasteiger partial charge in [-0.3, -0.25) is 0 Å². The van der Waals surface area contributed by atoms with Gasteiger partial charge in [0.1, 0.15) is 5.82 Å². The summed E-state index contributed by atoms with van der Waals surface area (Å²) in [6, 6.07) is 5.83. The van der Waals surface area contributed by atoms with Crippen LogP contribution >= 0.6 is 11.8 Å². The Hall–Kier alpha value is -1.58. The van der Waals surface area contributed by atoms with Gasteiger partial charge in [0.15, 0.2) is 5.16 Å². The van der Waals surface area contributed by atoms with Crippen LogP contribution in [0.2, 0.25) is 0 Å². The van der Waals surface area contributed by atoms with E-state index in [9.17, 15) is 13.2 Å². The minimum absolute atomic E-state index is 0.272. The molecule has 3 saturated heterocycles. The Kier molecular flexibility index (Phi) is 6.16. The van der Waals surface area contributed by atoms with E-state index < -0.39 is 11.7 Å². The molecule has 2 bridgehead atoms. The highest BCUT2D eigenvalue weighted by Crippen LogP contribution is 2.64. The van der Waals surface area contributed by atoms with Crippen molar-refractivity contribution in [2.45, 2.75) is 80.3 Å². The first-order valence-electron chi connectivity index (χ1n) is 12.9. The van der Waals surface area contributed by atoms with Crippen molar-refractivity contribution < 1.29 is 17.9 Å². The van der Waals surface area contributed by atoms with Crippen LogP contribution in [0.4, 0.5) is 13.2 Å². The third-order valence-corrected chi connectivity index (χ3v) is 9.77. The van der Waals surface area contributed by atoms with Crippen LogP contribution in [-0.2, 0) is 18.0 Å². The predicted octanol–water partition coefficient (Wildman–Crippen LogP) is 5.62. The number of nitrogens with zero attached hydrogens (tertiary/aromatic N) is 4. The van der Waals surface area contributed by atoms with Gasteiger partial charge in [0.25, 0.3) is 0 Å². The minimum Gasteiger partial charge on any atom is -0.375 e. The quantitative estimate of drug-likeness (QED) is 0.360.